The SMILES string of the molecule is CC.Cc1cc(N2CCN(Cc3ccccn3)CC2)ccc1Cl. The van der Waals surface area contributed by atoms with Crippen molar-refractivity contribution in [2.45, 2.75) is 27.3 Å². The molecule has 0 saturated carbocycles. The Bertz CT molecular complexity index is 593. The highest BCUT2D eigenvalue weighted by molar-refractivity contribution is 6.31. The minimum Gasteiger partial charge on any atom is -0.369 e. The van der Waals surface area contributed by atoms with Crippen molar-refractivity contribution >= 4 is 17.3 Å². The number of benzene rings is 1. The van der Waals surface area contributed by atoms with Crippen LogP contribution in [0.4, 0.5) is 5.69 Å². The topological polar surface area (TPSA) is 19.4 Å². The van der Waals surface area contributed by atoms with E-state index >= 15 is 0 Å². The van der Waals surface area contributed by atoms with E-state index in [1.54, 1.807) is 0 Å². The first-order chi connectivity index (χ1) is 11.2. The van der Waals surface area contributed by atoms with Gasteiger partial charge in [0.2, 0.25) is 0 Å². The first-order valence-corrected chi connectivity index (χ1v) is 8.73. The highest BCUT2D eigenvalue weighted by Crippen LogP contribution is 2.23. The second kappa shape index (κ2) is 8.90. The molecule has 0 spiro atoms. The van der Waals surface area contributed by atoms with Gasteiger partial charge in [-0.2, -0.15) is 0 Å². The standard InChI is InChI=1S/C17H20ClN3.C2H6/c1-14-12-16(5-6-17(14)18)21-10-8-20(9-11-21)13-15-4-2-3-7-19-15;1-2/h2-7,12H,8-11,13H2,1H3;1-2H3. The van der Waals surface area contributed by atoms with Crippen LogP contribution in [0, 0.1) is 6.92 Å². The van der Waals surface area contributed by atoms with Gasteiger partial charge in [-0.3, -0.25) is 9.88 Å². The lowest BCUT2D eigenvalue weighted by Crippen LogP contribution is -2.46. The fourth-order valence-electron chi connectivity index (χ4n) is 2.71. The van der Waals surface area contributed by atoms with Crippen LogP contribution in [0.1, 0.15) is 25.1 Å². The number of nitrogens with zero attached hydrogens (tertiary/aromatic N) is 3. The number of hydrogen-bond donors (Lipinski definition) is 0. The zero-order valence-corrected chi connectivity index (χ0v) is 15.1. The zero-order chi connectivity index (χ0) is 16.7. The van der Waals surface area contributed by atoms with Crippen LogP contribution in [-0.4, -0.2) is 36.1 Å². The van der Waals surface area contributed by atoms with E-state index in [0.717, 1.165) is 49.0 Å². The molecule has 1 saturated heterocycles. The van der Waals surface area contributed by atoms with Crippen molar-refractivity contribution in [3.8, 4) is 0 Å². The van der Waals surface area contributed by atoms with Crippen molar-refractivity contribution in [1.82, 2.24) is 9.88 Å². The number of aryl methyl sites for hydroxylation is 1. The van der Waals surface area contributed by atoms with Crippen LogP contribution < -0.4 is 4.90 Å². The highest BCUT2D eigenvalue weighted by Gasteiger charge is 2.17. The fraction of sp³-hybridized carbons (Fsp3) is 0.421. The molecule has 3 rings (SSSR count). The fourth-order valence-corrected chi connectivity index (χ4v) is 2.83. The maximum absolute atomic E-state index is 6.10. The molecule has 3 nitrogen and oxygen atoms in total. The van der Waals surface area contributed by atoms with Crippen molar-refractivity contribution in [3.05, 3.63) is 58.9 Å². The summed E-state index contributed by atoms with van der Waals surface area (Å²) in [6.45, 7) is 11.2. The molecule has 0 aliphatic carbocycles. The normalized spacial score (nSPS) is 15.0. The van der Waals surface area contributed by atoms with Crippen LogP contribution in [0.15, 0.2) is 42.6 Å². The Morgan fingerprint density at radius 1 is 1.04 bits per heavy atom. The summed E-state index contributed by atoms with van der Waals surface area (Å²) in [6.07, 6.45) is 1.86. The molecule has 1 aromatic heterocycles. The summed E-state index contributed by atoms with van der Waals surface area (Å²) < 4.78 is 0. The minimum atomic E-state index is 0.840. The van der Waals surface area contributed by atoms with Gasteiger partial charge in [-0.1, -0.05) is 31.5 Å². The van der Waals surface area contributed by atoms with Crippen LogP contribution in [0.25, 0.3) is 0 Å². The van der Waals surface area contributed by atoms with Gasteiger partial charge < -0.3 is 4.90 Å². The van der Waals surface area contributed by atoms with Gasteiger partial charge in [0, 0.05) is 49.6 Å². The van der Waals surface area contributed by atoms with E-state index < -0.39 is 0 Å². The van der Waals surface area contributed by atoms with Crippen molar-refractivity contribution in [2.75, 3.05) is 31.1 Å². The summed E-state index contributed by atoms with van der Waals surface area (Å²) in [7, 11) is 0. The molecule has 0 unspecified atom stereocenters. The van der Waals surface area contributed by atoms with Gasteiger partial charge in [-0.05, 0) is 42.8 Å². The second-order valence-electron chi connectivity index (χ2n) is 5.52. The number of halogens is 1. The number of anilines is 1. The minimum absolute atomic E-state index is 0.840. The molecule has 0 atom stereocenters. The van der Waals surface area contributed by atoms with Gasteiger partial charge in [-0.15, -0.1) is 0 Å². The zero-order valence-electron chi connectivity index (χ0n) is 14.3. The van der Waals surface area contributed by atoms with E-state index in [9.17, 15) is 0 Å². The summed E-state index contributed by atoms with van der Waals surface area (Å²) >= 11 is 6.10. The number of piperazine rings is 1. The van der Waals surface area contributed by atoms with Crippen LogP contribution in [0.2, 0.25) is 5.02 Å². The summed E-state index contributed by atoms with van der Waals surface area (Å²) in [5.74, 6) is 0. The summed E-state index contributed by atoms with van der Waals surface area (Å²) in [5.41, 5.74) is 3.56. The van der Waals surface area contributed by atoms with Gasteiger partial charge in [0.05, 0.1) is 5.69 Å². The van der Waals surface area contributed by atoms with Gasteiger partial charge in [0.25, 0.3) is 0 Å². The maximum atomic E-state index is 6.10. The van der Waals surface area contributed by atoms with Crippen molar-refractivity contribution < 1.29 is 0 Å². The summed E-state index contributed by atoms with van der Waals surface area (Å²) in [6, 6.07) is 12.4. The molecule has 1 fully saturated rings. The lowest BCUT2D eigenvalue weighted by atomic mass is 10.2. The average molecular weight is 332 g/mol. The number of aromatic nitrogens is 1. The second-order valence-corrected chi connectivity index (χ2v) is 5.92. The van der Waals surface area contributed by atoms with Gasteiger partial charge in [0.15, 0.2) is 0 Å². The molecule has 0 radical (unpaired) electrons. The molecule has 2 heterocycles. The smallest absolute Gasteiger partial charge is 0.0543 e. The number of hydrogen-bond acceptors (Lipinski definition) is 3. The lowest BCUT2D eigenvalue weighted by molar-refractivity contribution is 0.247. The van der Waals surface area contributed by atoms with E-state index in [1.807, 2.05) is 32.2 Å². The van der Waals surface area contributed by atoms with Crippen LogP contribution in [0.3, 0.4) is 0 Å². The molecular weight excluding hydrogens is 306 g/mol. The Labute approximate surface area is 144 Å². The lowest BCUT2D eigenvalue weighted by Gasteiger charge is -2.36. The van der Waals surface area contributed by atoms with Gasteiger partial charge >= 0.3 is 0 Å². The van der Waals surface area contributed by atoms with Gasteiger partial charge in [0.1, 0.15) is 0 Å². The molecule has 0 bridgehead atoms. The quantitative estimate of drug-likeness (QED) is 0.831. The summed E-state index contributed by atoms with van der Waals surface area (Å²) in [4.78, 5) is 9.29. The van der Waals surface area contributed by atoms with Crippen LogP contribution in [-0.2, 0) is 6.54 Å². The third kappa shape index (κ3) is 4.95. The molecule has 0 N–H and O–H groups in total. The summed E-state index contributed by atoms with van der Waals surface area (Å²) in [5, 5.41) is 0.840. The van der Waals surface area contributed by atoms with Crippen molar-refractivity contribution in [2.24, 2.45) is 0 Å². The molecule has 23 heavy (non-hydrogen) atoms. The van der Waals surface area contributed by atoms with Crippen LogP contribution in [0.5, 0.6) is 0 Å². The molecular formula is C19H26ClN3. The monoisotopic (exact) mass is 331 g/mol. The highest BCUT2D eigenvalue weighted by atomic mass is 35.5. The van der Waals surface area contributed by atoms with E-state index in [4.69, 9.17) is 11.6 Å². The molecule has 2 aromatic rings. The average Bonchev–Trinajstić information content (AvgIpc) is 2.61. The number of pyridine rings is 1. The predicted octanol–water partition coefficient (Wildman–Crippen LogP) is 4.39. The van der Waals surface area contributed by atoms with Crippen molar-refractivity contribution in [3.63, 3.8) is 0 Å². The van der Waals surface area contributed by atoms with Gasteiger partial charge in [-0.25, -0.2) is 0 Å². The molecule has 124 valence electrons. The largest absolute Gasteiger partial charge is 0.369 e. The molecule has 1 aromatic carbocycles. The molecule has 4 heteroatoms. The Kier molecular flexibility index (Phi) is 6.87. The third-order valence-electron chi connectivity index (χ3n) is 3.99. The Morgan fingerprint density at radius 3 is 2.39 bits per heavy atom. The molecule has 1 aliphatic heterocycles. The molecule has 0 amide bonds. The Balaban J connectivity index is 0.000000924. The van der Waals surface area contributed by atoms with Crippen LogP contribution >= 0.6 is 11.6 Å². The van der Waals surface area contributed by atoms with E-state index in [0.29, 0.717) is 0 Å². The maximum Gasteiger partial charge on any atom is 0.0543 e. The Morgan fingerprint density at radius 2 is 1.78 bits per heavy atom. The van der Waals surface area contributed by atoms with Crippen molar-refractivity contribution in [1.29, 1.82) is 0 Å². The third-order valence-corrected chi connectivity index (χ3v) is 4.41. The first-order valence-electron chi connectivity index (χ1n) is 8.36. The Hall–Kier alpha value is -1.58. The van der Waals surface area contributed by atoms with E-state index in [-0.39, 0.29) is 0 Å². The molecule has 1 aliphatic rings. The predicted molar refractivity (Wildman–Crippen MR) is 99.3 cm³/mol. The number of rotatable bonds is 3. The van der Waals surface area contributed by atoms with E-state index in [2.05, 4.69) is 46.0 Å². The first kappa shape index (κ1) is 17.8. The van der Waals surface area contributed by atoms with E-state index in [1.165, 1.54) is 5.69 Å².